The van der Waals surface area contributed by atoms with Crippen LogP contribution in [0.4, 0.5) is 18.9 Å². The Bertz CT molecular complexity index is 1740. The van der Waals surface area contributed by atoms with E-state index in [4.69, 9.17) is 21.1 Å². The zero-order valence-corrected chi connectivity index (χ0v) is 24.1. The SMILES string of the molecule is CC[C@@H](C(=O)Nc1ccc(C(=O)NC)c(OC)c1)n1cc(OC)c(-c2cc(Cl)ccc2-n2cc(C(F)(F)F)nn2)cc1=O. The topological polar surface area (TPSA) is 129 Å². The molecule has 2 heterocycles. The van der Waals surface area contributed by atoms with Gasteiger partial charge in [0.1, 0.15) is 17.5 Å². The first-order chi connectivity index (χ1) is 20.4. The lowest BCUT2D eigenvalue weighted by molar-refractivity contribution is -0.141. The summed E-state index contributed by atoms with van der Waals surface area (Å²) in [5.74, 6) is -0.519. The normalized spacial score (nSPS) is 12.0. The van der Waals surface area contributed by atoms with Crippen LogP contribution in [0.5, 0.6) is 11.5 Å². The van der Waals surface area contributed by atoms with E-state index >= 15 is 0 Å². The second-order valence-electron chi connectivity index (χ2n) is 9.12. The number of ether oxygens (including phenoxy) is 2. The third kappa shape index (κ3) is 6.48. The average molecular weight is 619 g/mol. The number of carbonyl (C=O) groups is 2. The summed E-state index contributed by atoms with van der Waals surface area (Å²) >= 11 is 6.21. The third-order valence-corrected chi connectivity index (χ3v) is 6.74. The molecule has 226 valence electrons. The summed E-state index contributed by atoms with van der Waals surface area (Å²) in [6.07, 6.45) is -2.44. The number of anilines is 1. The molecule has 43 heavy (non-hydrogen) atoms. The number of rotatable bonds is 9. The molecule has 0 fully saturated rings. The number of pyridine rings is 1. The number of hydrogen-bond acceptors (Lipinski definition) is 7. The molecule has 0 aliphatic heterocycles. The van der Waals surface area contributed by atoms with Gasteiger partial charge >= 0.3 is 6.18 Å². The number of alkyl halides is 3. The van der Waals surface area contributed by atoms with Crippen molar-refractivity contribution in [2.45, 2.75) is 25.6 Å². The second-order valence-corrected chi connectivity index (χ2v) is 9.55. The van der Waals surface area contributed by atoms with Gasteiger partial charge in [-0.05, 0) is 36.8 Å². The summed E-state index contributed by atoms with van der Waals surface area (Å²) in [6.45, 7) is 1.71. The van der Waals surface area contributed by atoms with E-state index in [-0.39, 0.29) is 51.2 Å². The van der Waals surface area contributed by atoms with E-state index < -0.39 is 29.4 Å². The lowest BCUT2D eigenvalue weighted by Crippen LogP contribution is -2.32. The molecule has 2 aromatic heterocycles. The van der Waals surface area contributed by atoms with Crippen molar-refractivity contribution in [2.24, 2.45) is 0 Å². The monoisotopic (exact) mass is 618 g/mol. The minimum Gasteiger partial charge on any atom is -0.496 e. The molecule has 2 aromatic carbocycles. The highest BCUT2D eigenvalue weighted by Gasteiger charge is 2.35. The van der Waals surface area contributed by atoms with Crippen molar-refractivity contribution in [2.75, 3.05) is 26.6 Å². The Morgan fingerprint density at radius 1 is 1.02 bits per heavy atom. The predicted molar refractivity (Wildman–Crippen MR) is 152 cm³/mol. The van der Waals surface area contributed by atoms with Gasteiger partial charge in [0.15, 0.2) is 5.69 Å². The van der Waals surface area contributed by atoms with Crippen LogP contribution in [0, 0.1) is 0 Å². The van der Waals surface area contributed by atoms with Crippen LogP contribution < -0.4 is 25.7 Å². The maximum atomic E-state index is 13.4. The maximum absolute atomic E-state index is 13.4. The Balaban J connectivity index is 1.72. The minimum absolute atomic E-state index is 0.141. The van der Waals surface area contributed by atoms with Gasteiger partial charge in [0.05, 0.1) is 37.9 Å². The lowest BCUT2D eigenvalue weighted by Gasteiger charge is -2.21. The fourth-order valence-corrected chi connectivity index (χ4v) is 4.58. The summed E-state index contributed by atoms with van der Waals surface area (Å²) in [4.78, 5) is 38.8. The third-order valence-electron chi connectivity index (χ3n) is 6.51. The Morgan fingerprint density at radius 2 is 1.74 bits per heavy atom. The Kier molecular flexibility index (Phi) is 9.09. The van der Waals surface area contributed by atoms with E-state index in [1.807, 2.05) is 0 Å². The number of nitrogens with zero attached hydrogens (tertiary/aromatic N) is 4. The quantitative estimate of drug-likeness (QED) is 0.277. The van der Waals surface area contributed by atoms with Crippen molar-refractivity contribution < 1.29 is 32.2 Å². The number of benzene rings is 2. The number of amides is 2. The number of nitrogens with one attached hydrogen (secondary N) is 2. The zero-order chi connectivity index (χ0) is 31.5. The second kappa shape index (κ2) is 12.6. The van der Waals surface area contributed by atoms with Crippen LogP contribution in [0.3, 0.4) is 0 Å². The fraction of sp³-hybridized carbons (Fsp3) is 0.250. The minimum atomic E-state index is -4.71. The van der Waals surface area contributed by atoms with E-state index in [0.29, 0.717) is 11.9 Å². The average Bonchev–Trinajstić information content (AvgIpc) is 3.48. The first-order valence-electron chi connectivity index (χ1n) is 12.7. The molecular formula is C28H26ClF3N6O5. The molecule has 2 amide bonds. The van der Waals surface area contributed by atoms with Crippen LogP contribution in [-0.2, 0) is 11.0 Å². The Morgan fingerprint density at radius 3 is 2.35 bits per heavy atom. The summed E-state index contributed by atoms with van der Waals surface area (Å²) < 4.78 is 52.5. The summed E-state index contributed by atoms with van der Waals surface area (Å²) in [7, 11) is 4.21. The molecule has 0 radical (unpaired) electrons. The van der Waals surface area contributed by atoms with Crippen molar-refractivity contribution in [3.8, 4) is 28.3 Å². The van der Waals surface area contributed by atoms with E-state index in [0.717, 1.165) is 4.68 Å². The van der Waals surface area contributed by atoms with Crippen LogP contribution in [0.2, 0.25) is 5.02 Å². The predicted octanol–water partition coefficient (Wildman–Crippen LogP) is 4.73. The van der Waals surface area contributed by atoms with Crippen molar-refractivity contribution in [3.05, 3.63) is 81.5 Å². The number of hydrogen-bond donors (Lipinski definition) is 2. The molecule has 1 atom stereocenters. The van der Waals surface area contributed by atoms with Crippen molar-refractivity contribution in [1.29, 1.82) is 0 Å². The number of aromatic nitrogens is 4. The molecule has 0 spiro atoms. The molecule has 2 N–H and O–H groups in total. The van der Waals surface area contributed by atoms with Gasteiger partial charge in [-0.15, -0.1) is 5.10 Å². The van der Waals surface area contributed by atoms with Gasteiger partial charge in [-0.2, -0.15) is 13.2 Å². The van der Waals surface area contributed by atoms with Gasteiger partial charge in [-0.1, -0.05) is 23.7 Å². The lowest BCUT2D eigenvalue weighted by atomic mass is 10.0. The van der Waals surface area contributed by atoms with Crippen LogP contribution in [0.1, 0.15) is 35.4 Å². The van der Waals surface area contributed by atoms with Crippen molar-refractivity contribution in [3.63, 3.8) is 0 Å². The fourth-order valence-electron chi connectivity index (χ4n) is 4.41. The van der Waals surface area contributed by atoms with Gasteiger partial charge in [0.25, 0.3) is 11.5 Å². The molecule has 11 nitrogen and oxygen atoms in total. The van der Waals surface area contributed by atoms with E-state index in [2.05, 4.69) is 20.9 Å². The molecule has 0 aliphatic rings. The highest BCUT2D eigenvalue weighted by Crippen LogP contribution is 2.36. The molecule has 0 saturated carbocycles. The number of halogens is 4. The highest BCUT2D eigenvalue weighted by atomic mass is 35.5. The molecule has 0 bridgehead atoms. The van der Waals surface area contributed by atoms with E-state index in [9.17, 15) is 27.6 Å². The molecule has 4 aromatic rings. The Hall–Kier alpha value is -4.85. The van der Waals surface area contributed by atoms with Crippen LogP contribution in [0.25, 0.3) is 16.8 Å². The highest BCUT2D eigenvalue weighted by molar-refractivity contribution is 6.31. The first kappa shape index (κ1) is 31.1. The molecule has 4 rings (SSSR count). The van der Waals surface area contributed by atoms with E-state index in [1.165, 1.54) is 74.5 Å². The van der Waals surface area contributed by atoms with Crippen LogP contribution >= 0.6 is 11.6 Å². The summed E-state index contributed by atoms with van der Waals surface area (Å²) in [6, 6.07) is 9.06. The summed E-state index contributed by atoms with van der Waals surface area (Å²) in [5, 5.41) is 12.3. The standard InChI is InChI=1S/C28H26ClF3N6O5/c1-5-20(27(41)34-16-7-8-17(26(40)33-2)22(11-16)42-3)37-13-23(43-4)19(12-25(37)39)18-10-15(29)6-9-21(18)38-14-24(35-36-38)28(30,31)32/h6-14,20H,5H2,1-4H3,(H,33,40)(H,34,41)/t20-/m0/s1. The van der Waals surface area contributed by atoms with E-state index in [1.54, 1.807) is 6.92 Å². The first-order valence-corrected chi connectivity index (χ1v) is 13.1. The van der Waals surface area contributed by atoms with Gasteiger partial charge < -0.3 is 20.1 Å². The smallest absolute Gasteiger partial charge is 0.436 e. The molecule has 0 aliphatic carbocycles. The Labute approximate surface area is 248 Å². The van der Waals surface area contributed by atoms with Gasteiger partial charge in [0.2, 0.25) is 5.91 Å². The number of methoxy groups -OCH3 is 2. The molecule has 0 saturated heterocycles. The van der Waals surface area contributed by atoms with Gasteiger partial charge in [-0.25, -0.2) is 4.68 Å². The van der Waals surface area contributed by atoms with Crippen LogP contribution in [-0.4, -0.2) is 52.6 Å². The zero-order valence-electron chi connectivity index (χ0n) is 23.3. The van der Waals surface area contributed by atoms with Crippen LogP contribution in [0.15, 0.2) is 59.7 Å². The molecule has 0 unspecified atom stereocenters. The maximum Gasteiger partial charge on any atom is 0.436 e. The van der Waals surface area contributed by atoms with Gasteiger partial charge in [-0.3, -0.25) is 19.0 Å². The molecular weight excluding hydrogens is 593 g/mol. The molecule has 15 heteroatoms. The van der Waals surface area contributed by atoms with Crippen molar-refractivity contribution >= 4 is 29.1 Å². The number of carbonyl (C=O) groups excluding carboxylic acids is 2. The van der Waals surface area contributed by atoms with Gasteiger partial charge in [0, 0.05) is 41.0 Å². The van der Waals surface area contributed by atoms with Crippen molar-refractivity contribution in [1.82, 2.24) is 24.9 Å². The largest absolute Gasteiger partial charge is 0.496 e. The summed E-state index contributed by atoms with van der Waals surface area (Å²) in [5.41, 5.74) is -0.587.